The van der Waals surface area contributed by atoms with E-state index in [1.54, 1.807) is 21.9 Å². The van der Waals surface area contributed by atoms with E-state index in [1.807, 2.05) is 0 Å². The van der Waals surface area contributed by atoms with Crippen molar-refractivity contribution in [2.45, 2.75) is 23.7 Å². The van der Waals surface area contributed by atoms with Crippen LogP contribution in [0.2, 0.25) is 0 Å². The van der Waals surface area contributed by atoms with E-state index in [-0.39, 0.29) is 88.2 Å². The quantitative estimate of drug-likeness (QED) is 0.211. The molecule has 1 atom stereocenters. The Labute approximate surface area is 266 Å². The van der Waals surface area contributed by atoms with Gasteiger partial charge < -0.3 is 24.5 Å². The van der Waals surface area contributed by atoms with Gasteiger partial charge in [-0.25, -0.2) is 14.0 Å². The van der Waals surface area contributed by atoms with E-state index in [0.717, 1.165) is 23.9 Å². The Morgan fingerprint density at radius 2 is 1.79 bits per heavy atom. The summed E-state index contributed by atoms with van der Waals surface area (Å²) >= 11 is 1.07. The van der Waals surface area contributed by atoms with Crippen molar-refractivity contribution in [3.05, 3.63) is 87.7 Å². The molecular formula is C31H25F4N7O4S. The molecule has 5 aromatic rings. The molecule has 0 aliphatic carbocycles. The summed E-state index contributed by atoms with van der Waals surface area (Å²) in [4.78, 5) is 54.6. The van der Waals surface area contributed by atoms with Gasteiger partial charge in [0, 0.05) is 65.7 Å². The molecule has 7 rings (SSSR count). The lowest BCUT2D eigenvalue weighted by atomic mass is 9.95. The molecule has 2 aliphatic heterocycles. The number of amides is 1. The number of pyridine rings is 1. The minimum Gasteiger partial charge on any atom is -0.488 e. The highest BCUT2D eigenvalue weighted by Crippen LogP contribution is 2.49. The van der Waals surface area contributed by atoms with Crippen molar-refractivity contribution in [3.63, 3.8) is 0 Å². The van der Waals surface area contributed by atoms with Crippen molar-refractivity contribution in [1.82, 2.24) is 29.4 Å². The molecular weight excluding hydrogens is 642 g/mol. The molecule has 1 saturated heterocycles. The number of rotatable bonds is 5. The van der Waals surface area contributed by atoms with Gasteiger partial charge in [-0.15, -0.1) is 11.8 Å². The zero-order valence-corrected chi connectivity index (χ0v) is 25.3. The Balaban J connectivity index is 1.49. The number of aromatic nitrogens is 5. The first-order valence-corrected chi connectivity index (χ1v) is 15.5. The van der Waals surface area contributed by atoms with Crippen LogP contribution in [-0.4, -0.2) is 73.3 Å². The van der Waals surface area contributed by atoms with Crippen LogP contribution >= 0.6 is 11.8 Å². The van der Waals surface area contributed by atoms with E-state index in [9.17, 15) is 18.8 Å². The van der Waals surface area contributed by atoms with Crippen LogP contribution in [0.1, 0.15) is 5.56 Å². The van der Waals surface area contributed by atoms with Gasteiger partial charge in [0.1, 0.15) is 29.0 Å². The fourth-order valence-corrected chi connectivity index (χ4v) is 7.36. The summed E-state index contributed by atoms with van der Waals surface area (Å²) < 4.78 is 67.6. The summed E-state index contributed by atoms with van der Waals surface area (Å²) in [5, 5.41) is 0.0807. The van der Waals surface area contributed by atoms with Crippen LogP contribution in [0.5, 0.6) is 5.75 Å². The molecule has 2 N–H and O–H groups in total. The Morgan fingerprint density at radius 3 is 2.49 bits per heavy atom. The number of carbonyl (C=O) groups excluding carboxylic acids is 1. The number of hydrogen-bond donors (Lipinski definition) is 2. The number of hydrogen-bond acceptors (Lipinski definition) is 8. The number of ether oxygens (including phenoxy) is 1. The number of thioether (sulfide) groups is 1. The topological polar surface area (TPSA) is 129 Å². The van der Waals surface area contributed by atoms with Gasteiger partial charge in [0.05, 0.1) is 23.1 Å². The van der Waals surface area contributed by atoms with Crippen LogP contribution in [0.3, 0.4) is 0 Å². The molecule has 0 saturated carbocycles. The number of imidazole rings is 1. The Kier molecular flexibility index (Phi) is 7.53. The number of alkyl halides is 3. The van der Waals surface area contributed by atoms with Gasteiger partial charge >= 0.3 is 17.6 Å². The molecule has 1 amide bonds. The van der Waals surface area contributed by atoms with E-state index in [4.69, 9.17) is 4.74 Å². The molecule has 3 aromatic heterocycles. The lowest BCUT2D eigenvalue weighted by Crippen LogP contribution is -2.49. The van der Waals surface area contributed by atoms with E-state index in [1.165, 1.54) is 29.1 Å². The fourth-order valence-electron chi connectivity index (χ4n) is 6.11. The van der Waals surface area contributed by atoms with Crippen molar-refractivity contribution in [2.24, 2.45) is 0 Å². The Morgan fingerprint density at radius 1 is 1.06 bits per heavy atom. The van der Waals surface area contributed by atoms with Gasteiger partial charge in [0.15, 0.2) is 0 Å². The molecule has 0 radical (unpaired) electrons. The lowest BCUT2D eigenvalue weighted by Gasteiger charge is -2.35. The van der Waals surface area contributed by atoms with E-state index in [2.05, 4.69) is 26.5 Å². The summed E-state index contributed by atoms with van der Waals surface area (Å²) in [6.45, 7) is 4.41. The van der Waals surface area contributed by atoms with Crippen molar-refractivity contribution in [3.8, 4) is 16.9 Å². The molecule has 0 spiro atoms. The molecule has 242 valence electrons. The summed E-state index contributed by atoms with van der Waals surface area (Å²) in [5.41, 5.74) is -3.14. The maximum absolute atomic E-state index is 15.1. The zero-order chi connectivity index (χ0) is 33.0. The normalized spacial score (nSPS) is 16.8. The number of anilines is 1. The molecule has 2 aromatic carbocycles. The highest BCUT2D eigenvalue weighted by Gasteiger charge is 2.39. The van der Waals surface area contributed by atoms with Crippen molar-refractivity contribution in [2.75, 3.05) is 36.8 Å². The number of benzene rings is 2. The number of carbonyl (C=O) groups is 1. The highest BCUT2D eigenvalue weighted by molar-refractivity contribution is 7.99. The molecule has 11 nitrogen and oxygen atoms in total. The number of halogens is 4. The van der Waals surface area contributed by atoms with Crippen molar-refractivity contribution < 1.29 is 27.1 Å². The number of nitrogens with one attached hydrogen (secondary N) is 2. The first kappa shape index (κ1) is 30.5. The number of piperazine rings is 1. The number of nitrogens with zero attached hydrogens (tertiary/aromatic N) is 5. The monoisotopic (exact) mass is 667 g/mol. The maximum Gasteiger partial charge on any atom is 0.417 e. The van der Waals surface area contributed by atoms with Gasteiger partial charge in [0.2, 0.25) is 5.91 Å². The highest BCUT2D eigenvalue weighted by atomic mass is 32.2. The van der Waals surface area contributed by atoms with E-state index >= 15 is 13.2 Å². The van der Waals surface area contributed by atoms with Crippen LogP contribution in [0, 0.1) is 5.82 Å². The van der Waals surface area contributed by atoms with Gasteiger partial charge in [-0.2, -0.15) is 18.2 Å². The third-order valence-corrected chi connectivity index (χ3v) is 9.45. The predicted octanol–water partition coefficient (Wildman–Crippen LogP) is 4.17. The minimum atomic E-state index is -4.91. The number of aromatic amines is 2. The summed E-state index contributed by atoms with van der Waals surface area (Å²) in [6.07, 6.45) is -1.33. The SMILES string of the molecule is C=CC(=O)N1CCN(c2nc(=O)n3c4c(c(-c5ccc(F)c6[nH]c(=O)[nH]c56)c(C(F)(F)F)cc24)SCC(Oc2ccncc2)C3)CC1. The first-order valence-electron chi connectivity index (χ1n) is 14.5. The second-order valence-electron chi connectivity index (χ2n) is 11.0. The maximum atomic E-state index is 15.1. The minimum absolute atomic E-state index is 0.0306. The summed E-state index contributed by atoms with van der Waals surface area (Å²) in [6, 6.07) is 6.39. The number of fused-ring (bicyclic) bond motifs is 1. The molecule has 5 heterocycles. The standard InChI is InChI=1S/C31H25F4N7O4S/c1-2-22(43)40-9-11-41(12-10-40)28-19-13-20(31(33,34)35)23(18-3-4-21(32)25-24(18)37-29(44)38-25)27-26(19)42(30(45)39-28)14-17(15-47-27)46-16-5-7-36-8-6-16/h2-8,13,17H,1,9-12,14-15H2,(H2,37,38,44). The lowest BCUT2D eigenvalue weighted by molar-refractivity contribution is -0.137. The summed E-state index contributed by atoms with van der Waals surface area (Å²) in [7, 11) is 0. The summed E-state index contributed by atoms with van der Waals surface area (Å²) in [5.74, 6) is -0.450. The van der Waals surface area contributed by atoms with Gasteiger partial charge in [-0.1, -0.05) is 6.58 Å². The van der Waals surface area contributed by atoms with Crippen molar-refractivity contribution >= 4 is 45.4 Å². The average Bonchev–Trinajstić information content (AvgIpc) is 3.36. The third kappa shape index (κ3) is 5.41. The Hall–Kier alpha value is -5.12. The van der Waals surface area contributed by atoms with Crippen molar-refractivity contribution in [1.29, 1.82) is 0 Å². The predicted molar refractivity (Wildman–Crippen MR) is 167 cm³/mol. The fraction of sp³-hybridized carbons (Fsp3) is 0.258. The van der Waals surface area contributed by atoms with Crippen LogP contribution in [0.25, 0.3) is 33.1 Å². The third-order valence-electron chi connectivity index (χ3n) is 8.22. The average molecular weight is 668 g/mol. The molecule has 47 heavy (non-hydrogen) atoms. The Bertz CT molecular complexity index is 2170. The molecule has 1 unspecified atom stereocenters. The van der Waals surface area contributed by atoms with Gasteiger partial charge in [-0.3, -0.25) is 14.3 Å². The van der Waals surface area contributed by atoms with Crippen LogP contribution in [0.4, 0.5) is 23.4 Å². The second kappa shape index (κ2) is 11.6. The van der Waals surface area contributed by atoms with E-state index < -0.39 is 35.0 Å². The molecule has 1 fully saturated rings. The largest absolute Gasteiger partial charge is 0.488 e. The smallest absolute Gasteiger partial charge is 0.417 e. The molecule has 2 aliphatic rings. The second-order valence-corrected chi connectivity index (χ2v) is 12.1. The van der Waals surface area contributed by atoms with Crippen LogP contribution in [0.15, 0.2) is 69.9 Å². The first-order chi connectivity index (χ1) is 22.5. The van der Waals surface area contributed by atoms with Gasteiger partial charge in [-0.05, 0) is 36.4 Å². The number of H-pyrrole nitrogens is 2. The van der Waals surface area contributed by atoms with Gasteiger partial charge in [0.25, 0.3) is 0 Å². The van der Waals surface area contributed by atoms with E-state index in [0.29, 0.717) is 5.75 Å². The van der Waals surface area contributed by atoms with Crippen LogP contribution in [-0.2, 0) is 17.5 Å². The molecule has 16 heteroatoms. The molecule has 0 bridgehead atoms. The zero-order valence-electron chi connectivity index (χ0n) is 24.4. The van der Waals surface area contributed by atoms with Crippen LogP contribution < -0.4 is 21.0 Å².